The number of nitrogens with zero attached hydrogens (tertiary/aromatic N) is 2. The van der Waals surface area contributed by atoms with E-state index in [1.807, 2.05) is 12.2 Å². The van der Waals surface area contributed by atoms with Crippen LogP contribution in [0, 0.1) is 0 Å². The van der Waals surface area contributed by atoms with E-state index in [1.165, 1.54) is 6.33 Å². The van der Waals surface area contributed by atoms with Crippen LogP contribution in [-0.2, 0) is 4.79 Å². The predicted molar refractivity (Wildman–Crippen MR) is 64.8 cm³/mol. The Kier molecular flexibility index (Phi) is 4.22. The number of carbonyl (C=O) groups is 1. The van der Waals surface area contributed by atoms with E-state index < -0.39 is 18.1 Å². The summed E-state index contributed by atoms with van der Waals surface area (Å²) in [5.74, 6) is -1.94. The third-order valence-electron chi connectivity index (χ3n) is 3.43. The fraction of sp³-hybridized carbons (Fsp3) is 0.583. The highest BCUT2D eigenvalue weighted by Gasteiger charge is 2.41. The molecule has 0 saturated carbocycles. The zero-order valence-corrected chi connectivity index (χ0v) is 10.8. The van der Waals surface area contributed by atoms with Crippen LogP contribution in [0.2, 0.25) is 0 Å². The second-order valence-electron chi connectivity index (χ2n) is 4.88. The smallest absolute Gasteiger partial charge is 0.344 e. The lowest BCUT2D eigenvalue weighted by Gasteiger charge is -2.35. The van der Waals surface area contributed by atoms with Gasteiger partial charge in [0, 0.05) is 36.9 Å². The lowest BCUT2D eigenvalue weighted by molar-refractivity contribution is -0.174. The molecule has 2 N–H and O–H groups in total. The first kappa shape index (κ1) is 14.7. The Morgan fingerprint density at radius 1 is 1.40 bits per heavy atom. The number of halogens is 3. The number of hydrogen-bond donors (Lipinski definition) is 2. The van der Waals surface area contributed by atoms with Gasteiger partial charge in [0.15, 0.2) is 0 Å². The summed E-state index contributed by atoms with van der Waals surface area (Å²) in [4.78, 5) is 18.8. The first-order valence-corrected chi connectivity index (χ1v) is 6.24. The fourth-order valence-corrected chi connectivity index (χ4v) is 2.37. The zero-order chi connectivity index (χ0) is 14.8. The number of amides is 1. The minimum absolute atomic E-state index is 0.0384. The van der Waals surface area contributed by atoms with E-state index in [-0.39, 0.29) is 12.0 Å². The topological polar surface area (TPSA) is 66.9 Å². The average Bonchev–Trinajstić information content (AvgIpc) is 2.41. The quantitative estimate of drug-likeness (QED) is 0.851. The Balaban J connectivity index is 2.04. The van der Waals surface area contributed by atoms with Gasteiger partial charge in [-0.15, -0.1) is 0 Å². The zero-order valence-electron chi connectivity index (χ0n) is 10.8. The average molecular weight is 288 g/mol. The second kappa shape index (κ2) is 5.74. The van der Waals surface area contributed by atoms with Crippen LogP contribution in [0.1, 0.15) is 24.8 Å². The van der Waals surface area contributed by atoms with Gasteiger partial charge in [0.2, 0.25) is 0 Å². The minimum Gasteiger partial charge on any atom is -0.344 e. The van der Waals surface area contributed by atoms with Crippen molar-refractivity contribution in [3.8, 4) is 0 Å². The van der Waals surface area contributed by atoms with Crippen molar-refractivity contribution in [2.75, 3.05) is 6.54 Å². The fourth-order valence-electron chi connectivity index (χ4n) is 2.37. The third kappa shape index (κ3) is 3.44. The molecule has 1 aliphatic heterocycles. The number of rotatable bonds is 2. The maximum absolute atomic E-state index is 12.2. The molecule has 0 spiro atoms. The van der Waals surface area contributed by atoms with E-state index in [9.17, 15) is 18.0 Å². The van der Waals surface area contributed by atoms with Crippen LogP contribution >= 0.6 is 0 Å². The maximum Gasteiger partial charge on any atom is 0.471 e. The van der Waals surface area contributed by atoms with Gasteiger partial charge in [0.05, 0.1) is 0 Å². The number of hydrogen-bond acceptors (Lipinski definition) is 4. The van der Waals surface area contributed by atoms with E-state index in [2.05, 4.69) is 15.3 Å². The number of piperidine rings is 1. The van der Waals surface area contributed by atoms with Gasteiger partial charge in [0.1, 0.15) is 6.33 Å². The van der Waals surface area contributed by atoms with Crippen molar-refractivity contribution in [3.63, 3.8) is 0 Å². The van der Waals surface area contributed by atoms with Crippen molar-refractivity contribution in [2.45, 2.75) is 37.5 Å². The summed E-state index contributed by atoms with van der Waals surface area (Å²) in [5.41, 5.74) is 0.846. The molecular weight excluding hydrogens is 273 g/mol. The van der Waals surface area contributed by atoms with Crippen molar-refractivity contribution >= 4 is 5.91 Å². The van der Waals surface area contributed by atoms with E-state index in [4.69, 9.17) is 0 Å². The molecule has 1 aromatic heterocycles. The van der Waals surface area contributed by atoms with Gasteiger partial charge in [-0.2, -0.15) is 13.2 Å². The molecule has 5 nitrogen and oxygen atoms in total. The van der Waals surface area contributed by atoms with Gasteiger partial charge in [-0.1, -0.05) is 0 Å². The first-order chi connectivity index (χ1) is 9.38. The lowest BCUT2D eigenvalue weighted by atomic mass is 9.85. The van der Waals surface area contributed by atoms with Crippen molar-refractivity contribution in [2.24, 2.45) is 0 Å². The lowest BCUT2D eigenvalue weighted by Crippen LogP contribution is -2.54. The molecule has 1 aromatic rings. The summed E-state index contributed by atoms with van der Waals surface area (Å²) in [6.45, 7) is 2.26. The Hall–Kier alpha value is -1.70. The number of nitrogens with one attached hydrogen (secondary N) is 2. The molecule has 1 aliphatic rings. The van der Waals surface area contributed by atoms with Gasteiger partial charge >= 0.3 is 12.1 Å². The Morgan fingerprint density at radius 3 is 2.65 bits per heavy atom. The van der Waals surface area contributed by atoms with Crippen LogP contribution in [0.15, 0.2) is 18.7 Å². The molecule has 1 fully saturated rings. The Labute approximate surface area is 114 Å². The molecule has 2 heterocycles. The molecule has 8 heteroatoms. The Bertz CT molecular complexity index is 466. The van der Waals surface area contributed by atoms with Crippen LogP contribution in [0.3, 0.4) is 0 Å². The summed E-state index contributed by atoms with van der Waals surface area (Å²) >= 11 is 0. The molecule has 3 unspecified atom stereocenters. The van der Waals surface area contributed by atoms with E-state index in [1.54, 1.807) is 12.4 Å². The van der Waals surface area contributed by atoms with Gasteiger partial charge in [-0.3, -0.25) is 4.79 Å². The van der Waals surface area contributed by atoms with Crippen LogP contribution in [0.5, 0.6) is 0 Å². The number of alkyl halides is 3. The van der Waals surface area contributed by atoms with Crippen molar-refractivity contribution < 1.29 is 18.0 Å². The minimum atomic E-state index is -4.85. The van der Waals surface area contributed by atoms with Crippen LogP contribution in [-0.4, -0.2) is 40.7 Å². The van der Waals surface area contributed by atoms with Crippen LogP contribution in [0.4, 0.5) is 13.2 Å². The largest absolute Gasteiger partial charge is 0.471 e. The van der Waals surface area contributed by atoms with Gasteiger partial charge in [0.25, 0.3) is 0 Å². The highest BCUT2D eigenvalue weighted by atomic mass is 19.4. The van der Waals surface area contributed by atoms with E-state index in [0.717, 1.165) is 5.56 Å². The summed E-state index contributed by atoms with van der Waals surface area (Å²) < 4.78 is 36.7. The van der Waals surface area contributed by atoms with Crippen LogP contribution < -0.4 is 10.6 Å². The van der Waals surface area contributed by atoms with Crippen molar-refractivity contribution in [1.82, 2.24) is 20.6 Å². The standard InChI is InChI=1S/C12H15F3N4O/c1-7-10(8-3-16-6-17-4-8)2-9(5-18-7)19-11(20)12(13,14)15/h3-4,6-7,9-10,18H,2,5H2,1H3,(H,19,20). The highest BCUT2D eigenvalue weighted by Crippen LogP contribution is 2.27. The summed E-state index contributed by atoms with van der Waals surface area (Å²) in [5, 5.41) is 5.11. The second-order valence-corrected chi connectivity index (χ2v) is 4.88. The van der Waals surface area contributed by atoms with E-state index >= 15 is 0 Å². The van der Waals surface area contributed by atoms with Crippen LogP contribution in [0.25, 0.3) is 0 Å². The first-order valence-electron chi connectivity index (χ1n) is 6.24. The molecule has 1 amide bonds. The summed E-state index contributed by atoms with van der Waals surface area (Å²) in [6.07, 6.45) is 0.249. The molecule has 2 rings (SSSR count). The molecular formula is C12H15F3N4O. The van der Waals surface area contributed by atoms with Crippen molar-refractivity contribution in [3.05, 3.63) is 24.3 Å². The molecule has 1 saturated heterocycles. The molecule has 0 bridgehead atoms. The molecule has 0 aliphatic carbocycles. The Morgan fingerprint density at radius 2 is 2.05 bits per heavy atom. The predicted octanol–water partition coefficient (Wildman–Crippen LogP) is 0.989. The molecule has 0 radical (unpaired) electrons. The highest BCUT2D eigenvalue weighted by molar-refractivity contribution is 5.82. The number of aromatic nitrogens is 2. The third-order valence-corrected chi connectivity index (χ3v) is 3.43. The van der Waals surface area contributed by atoms with Gasteiger partial charge < -0.3 is 10.6 Å². The molecule has 3 atom stereocenters. The monoisotopic (exact) mass is 288 g/mol. The van der Waals surface area contributed by atoms with Gasteiger partial charge in [-0.05, 0) is 18.9 Å². The summed E-state index contributed by atoms with van der Waals surface area (Å²) in [6, 6.07) is -0.481. The SMILES string of the molecule is CC1NCC(NC(=O)C(F)(F)F)CC1c1cncnc1. The molecule has 0 aromatic carbocycles. The molecule has 110 valence electrons. The normalized spacial score (nSPS) is 27.1. The number of carbonyl (C=O) groups excluding carboxylic acids is 1. The van der Waals surface area contributed by atoms with E-state index in [0.29, 0.717) is 13.0 Å². The van der Waals surface area contributed by atoms with Gasteiger partial charge in [-0.25, -0.2) is 9.97 Å². The van der Waals surface area contributed by atoms with Crippen molar-refractivity contribution in [1.29, 1.82) is 0 Å². The maximum atomic E-state index is 12.2. The molecule has 20 heavy (non-hydrogen) atoms. The summed E-state index contributed by atoms with van der Waals surface area (Å²) in [7, 11) is 0.